The highest BCUT2D eigenvalue weighted by Crippen LogP contribution is 2.39. The molecule has 0 aliphatic heterocycles. The van der Waals surface area contributed by atoms with Gasteiger partial charge in [0, 0.05) is 31.1 Å². The lowest BCUT2D eigenvalue weighted by atomic mass is 10.1. The molecule has 37 heavy (non-hydrogen) atoms. The first-order chi connectivity index (χ1) is 17.5. The smallest absolute Gasteiger partial charge is 0.346 e. The van der Waals surface area contributed by atoms with E-state index in [-0.39, 0.29) is 17.5 Å². The predicted octanol–water partition coefficient (Wildman–Crippen LogP) is 4.10. The van der Waals surface area contributed by atoms with Crippen LogP contribution < -0.4 is 5.32 Å². The van der Waals surface area contributed by atoms with Crippen molar-refractivity contribution in [2.24, 2.45) is 0 Å². The van der Waals surface area contributed by atoms with E-state index in [1.165, 1.54) is 36.7 Å². The van der Waals surface area contributed by atoms with Crippen molar-refractivity contribution in [3.05, 3.63) is 83.1 Å². The fourth-order valence-electron chi connectivity index (χ4n) is 4.00. The van der Waals surface area contributed by atoms with Gasteiger partial charge in [-0.1, -0.05) is 12.1 Å². The number of pyridine rings is 2. The molecule has 1 aromatic carbocycles. The lowest BCUT2D eigenvalue weighted by Gasteiger charge is -2.09. The number of amides is 1. The first-order valence-electron chi connectivity index (χ1n) is 11.5. The highest BCUT2D eigenvalue weighted by Gasteiger charge is 2.31. The van der Waals surface area contributed by atoms with Crippen LogP contribution in [-0.2, 0) is 29.0 Å². The summed E-state index contributed by atoms with van der Waals surface area (Å²) in [7, 11) is -3.36. The van der Waals surface area contributed by atoms with E-state index >= 15 is 0 Å². The van der Waals surface area contributed by atoms with Crippen molar-refractivity contribution in [2.75, 3.05) is 6.26 Å². The van der Waals surface area contributed by atoms with E-state index < -0.39 is 27.5 Å². The Balaban J connectivity index is 1.34. The largest absolute Gasteiger partial charge is 0.416 e. The Hall–Kier alpha value is -3.80. The number of sulfone groups is 1. The number of aromatic nitrogens is 4. The zero-order chi connectivity index (χ0) is 26.4. The van der Waals surface area contributed by atoms with E-state index in [0.29, 0.717) is 40.2 Å². The maximum atomic E-state index is 12.9. The second-order valence-electron chi connectivity index (χ2n) is 9.01. The molecule has 0 unspecified atom stereocenters. The number of nitrogens with zero attached hydrogens (tertiary/aromatic N) is 4. The summed E-state index contributed by atoms with van der Waals surface area (Å²) in [5, 5.41) is 2.73. The van der Waals surface area contributed by atoms with Gasteiger partial charge in [-0.05, 0) is 48.7 Å². The molecule has 5 rings (SSSR count). The molecule has 1 fully saturated rings. The summed E-state index contributed by atoms with van der Waals surface area (Å²) in [5.74, 6) is 0.283. The van der Waals surface area contributed by atoms with Crippen LogP contribution in [0, 0.1) is 0 Å². The van der Waals surface area contributed by atoms with Gasteiger partial charge in [-0.2, -0.15) is 13.2 Å². The molecule has 1 aliphatic rings. The highest BCUT2D eigenvalue weighted by molar-refractivity contribution is 7.90. The first kappa shape index (κ1) is 24.9. The van der Waals surface area contributed by atoms with Crippen LogP contribution in [0.4, 0.5) is 13.2 Å². The normalized spacial score (nSPS) is 14.2. The van der Waals surface area contributed by atoms with Gasteiger partial charge < -0.3 is 9.88 Å². The van der Waals surface area contributed by atoms with Gasteiger partial charge in [0.1, 0.15) is 11.3 Å². The number of rotatable bonds is 7. The molecular formula is C25H22F3N5O3S. The van der Waals surface area contributed by atoms with Crippen LogP contribution in [0.3, 0.4) is 0 Å². The zero-order valence-corrected chi connectivity index (χ0v) is 20.5. The lowest BCUT2D eigenvalue weighted by Crippen LogP contribution is -2.23. The maximum absolute atomic E-state index is 12.9. The van der Waals surface area contributed by atoms with Gasteiger partial charge in [0.25, 0.3) is 5.91 Å². The number of halogens is 3. The van der Waals surface area contributed by atoms with Crippen LogP contribution in [0.2, 0.25) is 0 Å². The number of carbonyl (C=O) groups excluding carboxylic acids is 1. The van der Waals surface area contributed by atoms with E-state index in [4.69, 9.17) is 0 Å². The second-order valence-corrected chi connectivity index (χ2v) is 11.0. The van der Waals surface area contributed by atoms with Crippen molar-refractivity contribution in [1.29, 1.82) is 0 Å². The number of benzene rings is 1. The Kier molecular flexibility index (Phi) is 6.22. The molecule has 192 valence electrons. The third-order valence-electron chi connectivity index (χ3n) is 6.08. The van der Waals surface area contributed by atoms with Crippen LogP contribution in [0.25, 0.3) is 11.2 Å². The topological polar surface area (TPSA) is 107 Å². The molecule has 3 heterocycles. The van der Waals surface area contributed by atoms with Gasteiger partial charge in [-0.3, -0.25) is 9.78 Å². The van der Waals surface area contributed by atoms with Crippen LogP contribution in [0.5, 0.6) is 0 Å². The van der Waals surface area contributed by atoms with Crippen molar-refractivity contribution in [1.82, 2.24) is 24.8 Å². The number of alkyl halides is 3. The van der Waals surface area contributed by atoms with Gasteiger partial charge in [-0.15, -0.1) is 0 Å². The Labute approximate surface area is 210 Å². The van der Waals surface area contributed by atoms with Gasteiger partial charge in [0.15, 0.2) is 15.5 Å². The summed E-state index contributed by atoms with van der Waals surface area (Å²) < 4.78 is 63.8. The molecule has 1 amide bonds. The van der Waals surface area contributed by atoms with Crippen molar-refractivity contribution in [2.45, 2.75) is 42.9 Å². The van der Waals surface area contributed by atoms with Crippen molar-refractivity contribution < 1.29 is 26.4 Å². The van der Waals surface area contributed by atoms with E-state index in [1.54, 1.807) is 6.07 Å². The van der Waals surface area contributed by atoms with Gasteiger partial charge in [0.05, 0.1) is 28.3 Å². The van der Waals surface area contributed by atoms with Crippen molar-refractivity contribution >= 4 is 26.9 Å². The minimum Gasteiger partial charge on any atom is -0.346 e. The quantitative estimate of drug-likeness (QED) is 0.386. The van der Waals surface area contributed by atoms with Crippen LogP contribution >= 0.6 is 0 Å². The first-order valence-corrected chi connectivity index (χ1v) is 13.3. The number of hydrogen-bond donors (Lipinski definition) is 1. The number of carbonyl (C=O) groups is 1. The predicted molar refractivity (Wildman–Crippen MR) is 129 cm³/mol. The number of nitrogens with one attached hydrogen (secondary N) is 1. The minimum atomic E-state index is -4.39. The molecule has 0 radical (unpaired) electrons. The Morgan fingerprint density at radius 3 is 2.41 bits per heavy atom. The molecule has 0 saturated heterocycles. The molecule has 3 aromatic heterocycles. The van der Waals surface area contributed by atoms with Gasteiger partial charge >= 0.3 is 6.18 Å². The number of fused-ring (bicyclic) bond motifs is 1. The van der Waals surface area contributed by atoms with Gasteiger partial charge in [0.2, 0.25) is 0 Å². The second kappa shape index (κ2) is 9.25. The molecule has 0 spiro atoms. The fourth-order valence-corrected chi connectivity index (χ4v) is 4.56. The molecule has 1 saturated carbocycles. The third kappa shape index (κ3) is 5.48. The molecule has 12 heteroatoms. The summed E-state index contributed by atoms with van der Waals surface area (Å²) in [6.07, 6.45) is 1.65. The van der Waals surface area contributed by atoms with Crippen molar-refractivity contribution in [3.8, 4) is 0 Å². The summed E-state index contributed by atoms with van der Waals surface area (Å²) >= 11 is 0. The number of hydrogen-bond acceptors (Lipinski definition) is 6. The third-order valence-corrected chi connectivity index (χ3v) is 7.17. The van der Waals surface area contributed by atoms with Crippen LogP contribution in [0.1, 0.15) is 51.9 Å². The maximum Gasteiger partial charge on any atom is 0.416 e. The molecule has 8 nitrogen and oxygen atoms in total. The summed E-state index contributed by atoms with van der Waals surface area (Å²) in [5.41, 5.74) is 1.92. The Morgan fingerprint density at radius 2 is 1.81 bits per heavy atom. The summed E-state index contributed by atoms with van der Waals surface area (Å²) in [4.78, 5) is 26.0. The summed E-state index contributed by atoms with van der Waals surface area (Å²) in [6.45, 7) is 0.0938. The molecule has 0 bridgehead atoms. The average molecular weight is 530 g/mol. The SMILES string of the molecule is CS(=O)(=O)c1ccc(CNC(=O)c2cnc3c(c2)nc(Cc2ccc(C(F)(F)F)cc2)n3C2CC2)nc1. The van der Waals surface area contributed by atoms with E-state index in [0.717, 1.165) is 31.2 Å². The van der Waals surface area contributed by atoms with Gasteiger partial charge in [-0.25, -0.2) is 18.4 Å². The lowest BCUT2D eigenvalue weighted by molar-refractivity contribution is -0.137. The number of imidazole rings is 1. The monoisotopic (exact) mass is 529 g/mol. The van der Waals surface area contributed by atoms with E-state index in [2.05, 4.69) is 20.3 Å². The molecule has 4 aromatic rings. The zero-order valence-electron chi connectivity index (χ0n) is 19.7. The molecule has 1 N–H and O–H groups in total. The Bertz CT molecular complexity index is 1580. The Morgan fingerprint density at radius 1 is 1.08 bits per heavy atom. The van der Waals surface area contributed by atoms with E-state index in [1.807, 2.05) is 4.57 Å². The van der Waals surface area contributed by atoms with Crippen molar-refractivity contribution in [3.63, 3.8) is 0 Å². The van der Waals surface area contributed by atoms with Crippen LogP contribution in [-0.4, -0.2) is 40.1 Å². The molecule has 1 aliphatic carbocycles. The standard InChI is InChI=1S/C25H22F3N5O3S/c1-37(35,36)20-9-6-18(29-14-20)13-31-24(34)16-11-21-23(30-12-16)33(19-7-8-19)22(32-21)10-15-2-4-17(5-3-15)25(26,27)28/h2-6,9,11-12,14,19H,7-8,10,13H2,1H3,(H,31,34). The molecule has 0 atom stereocenters. The highest BCUT2D eigenvalue weighted by atomic mass is 32.2. The average Bonchev–Trinajstić information content (AvgIpc) is 3.62. The van der Waals surface area contributed by atoms with Crippen LogP contribution in [0.15, 0.2) is 59.8 Å². The van der Waals surface area contributed by atoms with E-state index in [9.17, 15) is 26.4 Å². The summed E-state index contributed by atoms with van der Waals surface area (Å²) in [6, 6.07) is 9.83. The fraction of sp³-hybridized carbons (Fsp3) is 0.280. The molecular weight excluding hydrogens is 507 g/mol. The minimum absolute atomic E-state index is 0.0931.